The van der Waals surface area contributed by atoms with Gasteiger partial charge in [-0.25, -0.2) is 4.79 Å². The number of ketones is 1. The number of benzene rings is 2. The second-order valence-electron chi connectivity index (χ2n) is 10.5. The molecule has 0 spiro atoms. The molecule has 1 saturated carbocycles. The van der Waals surface area contributed by atoms with Gasteiger partial charge in [0, 0.05) is 12.6 Å². The van der Waals surface area contributed by atoms with Crippen molar-refractivity contribution >= 4 is 17.8 Å². The van der Waals surface area contributed by atoms with E-state index in [4.69, 9.17) is 9.47 Å². The quantitative estimate of drug-likeness (QED) is 0.225. The second kappa shape index (κ2) is 13.5. The van der Waals surface area contributed by atoms with Crippen molar-refractivity contribution in [1.82, 2.24) is 10.2 Å². The fourth-order valence-electron chi connectivity index (χ4n) is 5.21. The summed E-state index contributed by atoms with van der Waals surface area (Å²) >= 11 is 0. The van der Waals surface area contributed by atoms with Crippen LogP contribution >= 0.6 is 0 Å². The van der Waals surface area contributed by atoms with Crippen LogP contribution in [0.5, 0.6) is 11.5 Å². The first kappa shape index (κ1) is 30.0. The predicted molar refractivity (Wildman–Crippen MR) is 151 cm³/mol. The highest BCUT2D eigenvalue weighted by Crippen LogP contribution is 2.41. The van der Waals surface area contributed by atoms with Crippen LogP contribution in [-0.2, 0) is 11.2 Å². The van der Waals surface area contributed by atoms with Crippen molar-refractivity contribution in [1.29, 1.82) is 0 Å². The molecule has 3 rings (SSSR count). The zero-order valence-corrected chi connectivity index (χ0v) is 23.8. The number of hydrogen-bond donors (Lipinski definition) is 2. The SMILES string of the molecule is CCOc1cc(C(C)N(CCCCc2ccccc2)C(=O)NC2CC(C)(C(=O)O)C2)cc(OCC)c1C(C)=O. The number of nitrogens with zero attached hydrogens (tertiary/aromatic N) is 1. The lowest BCUT2D eigenvalue weighted by Gasteiger charge is -2.43. The third-order valence-electron chi connectivity index (χ3n) is 7.45. The topological polar surface area (TPSA) is 105 Å². The largest absolute Gasteiger partial charge is 0.493 e. The van der Waals surface area contributed by atoms with Crippen molar-refractivity contribution in [3.8, 4) is 11.5 Å². The lowest BCUT2D eigenvalue weighted by Crippen LogP contribution is -2.55. The maximum absolute atomic E-state index is 13.6. The van der Waals surface area contributed by atoms with Gasteiger partial charge in [-0.1, -0.05) is 30.3 Å². The standard InChI is InChI=1S/C31H42N2O6/c1-6-38-26-17-24(18-27(39-7-2)28(26)22(4)34)21(3)33(16-12-11-15-23-13-9-8-10-14-23)30(37)32-25-19-31(5,20-25)29(35)36/h8-10,13-14,17-18,21,25H,6-7,11-12,15-16,19-20H2,1-5H3,(H,32,37)(H,35,36). The van der Waals surface area contributed by atoms with Gasteiger partial charge in [0.25, 0.3) is 0 Å². The van der Waals surface area contributed by atoms with E-state index in [1.807, 2.05) is 51.1 Å². The summed E-state index contributed by atoms with van der Waals surface area (Å²) < 4.78 is 11.6. The molecular weight excluding hydrogens is 496 g/mol. The number of ether oxygens (including phenoxy) is 2. The van der Waals surface area contributed by atoms with Gasteiger partial charge in [-0.15, -0.1) is 0 Å². The molecule has 39 heavy (non-hydrogen) atoms. The highest BCUT2D eigenvalue weighted by atomic mass is 16.5. The number of hydrogen-bond acceptors (Lipinski definition) is 5. The molecule has 2 N–H and O–H groups in total. The van der Waals surface area contributed by atoms with Crippen molar-refractivity contribution in [2.45, 2.75) is 78.8 Å². The molecule has 2 aromatic rings. The van der Waals surface area contributed by atoms with Crippen molar-refractivity contribution in [2.24, 2.45) is 5.41 Å². The molecule has 1 aliphatic carbocycles. The van der Waals surface area contributed by atoms with Crippen LogP contribution < -0.4 is 14.8 Å². The molecule has 0 heterocycles. The molecule has 212 valence electrons. The second-order valence-corrected chi connectivity index (χ2v) is 10.5. The number of nitrogens with one attached hydrogen (secondary N) is 1. The molecule has 2 amide bonds. The summed E-state index contributed by atoms with van der Waals surface area (Å²) in [5, 5.41) is 12.5. The van der Waals surface area contributed by atoms with Crippen molar-refractivity contribution in [3.63, 3.8) is 0 Å². The Morgan fingerprint density at radius 3 is 2.15 bits per heavy atom. The summed E-state index contributed by atoms with van der Waals surface area (Å²) in [7, 11) is 0. The molecular formula is C31H42N2O6. The summed E-state index contributed by atoms with van der Waals surface area (Å²) in [5.41, 5.74) is 1.65. The van der Waals surface area contributed by atoms with E-state index in [0.717, 1.165) is 24.8 Å². The van der Waals surface area contributed by atoms with Crippen LogP contribution in [0.1, 0.15) is 87.8 Å². The molecule has 1 unspecified atom stereocenters. The zero-order chi connectivity index (χ0) is 28.6. The van der Waals surface area contributed by atoms with Gasteiger partial charge in [0.1, 0.15) is 17.1 Å². The van der Waals surface area contributed by atoms with Crippen LogP contribution in [0, 0.1) is 5.41 Å². The fraction of sp³-hybridized carbons (Fsp3) is 0.516. The Kier molecular flexibility index (Phi) is 10.4. The third-order valence-corrected chi connectivity index (χ3v) is 7.45. The number of amides is 2. The minimum Gasteiger partial charge on any atom is -0.493 e. The normalized spacial score (nSPS) is 18.9. The van der Waals surface area contributed by atoms with Gasteiger partial charge in [-0.2, -0.15) is 0 Å². The first-order valence-corrected chi connectivity index (χ1v) is 13.9. The molecule has 1 atom stereocenters. The first-order valence-electron chi connectivity index (χ1n) is 13.9. The monoisotopic (exact) mass is 538 g/mol. The Morgan fingerprint density at radius 1 is 1.05 bits per heavy atom. The highest BCUT2D eigenvalue weighted by Gasteiger charge is 2.47. The lowest BCUT2D eigenvalue weighted by molar-refractivity contribution is -0.154. The number of carbonyl (C=O) groups excluding carboxylic acids is 2. The van der Waals surface area contributed by atoms with Gasteiger partial charge < -0.3 is 24.8 Å². The molecule has 0 saturated heterocycles. The number of carboxylic acid groups (broad SMARTS) is 1. The minimum absolute atomic E-state index is 0.150. The molecule has 1 fully saturated rings. The first-order chi connectivity index (χ1) is 18.6. The highest BCUT2D eigenvalue weighted by molar-refractivity contribution is 5.99. The Labute approximate surface area is 231 Å². The van der Waals surface area contributed by atoms with Gasteiger partial charge in [-0.05, 0) is 90.0 Å². The number of carbonyl (C=O) groups is 3. The average Bonchev–Trinajstić information content (AvgIpc) is 2.87. The number of aliphatic carboxylic acids is 1. The van der Waals surface area contributed by atoms with Crippen LogP contribution in [0.15, 0.2) is 42.5 Å². The minimum atomic E-state index is -0.836. The Morgan fingerprint density at radius 2 is 1.64 bits per heavy atom. The maximum atomic E-state index is 13.6. The van der Waals surface area contributed by atoms with Crippen LogP contribution in [-0.4, -0.2) is 53.6 Å². The average molecular weight is 539 g/mol. The fourth-order valence-corrected chi connectivity index (χ4v) is 5.21. The molecule has 2 aromatic carbocycles. The summed E-state index contributed by atoms with van der Waals surface area (Å²) in [6.45, 7) is 10.2. The van der Waals surface area contributed by atoms with E-state index in [9.17, 15) is 19.5 Å². The summed E-state index contributed by atoms with van der Waals surface area (Å²) in [6, 6.07) is 13.1. The van der Waals surface area contributed by atoms with E-state index in [0.29, 0.717) is 49.7 Å². The number of unbranched alkanes of at least 4 members (excludes halogenated alkanes) is 1. The molecule has 1 aliphatic rings. The van der Waals surface area contributed by atoms with Gasteiger partial charge in [0.05, 0.1) is 24.7 Å². The summed E-state index contributed by atoms with van der Waals surface area (Å²) in [5.74, 6) is -0.100. The molecule has 8 nitrogen and oxygen atoms in total. The number of rotatable bonds is 14. The van der Waals surface area contributed by atoms with Crippen LogP contribution in [0.4, 0.5) is 4.79 Å². The molecule has 8 heteroatoms. The van der Waals surface area contributed by atoms with Crippen LogP contribution in [0.2, 0.25) is 0 Å². The van der Waals surface area contributed by atoms with Gasteiger partial charge in [0.15, 0.2) is 5.78 Å². The molecule has 0 bridgehead atoms. The van der Waals surface area contributed by atoms with E-state index in [1.165, 1.54) is 12.5 Å². The summed E-state index contributed by atoms with van der Waals surface area (Å²) in [4.78, 5) is 39.3. The number of Topliss-reactive ketones (excluding diaryl/α,β-unsaturated/α-hetero) is 1. The maximum Gasteiger partial charge on any atom is 0.318 e. The van der Waals surface area contributed by atoms with Gasteiger partial charge in [-0.3, -0.25) is 9.59 Å². The van der Waals surface area contributed by atoms with Gasteiger partial charge in [0.2, 0.25) is 0 Å². The van der Waals surface area contributed by atoms with E-state index >= 15 is 0 Å². The number of aryl methyl sites for hydroxylation is 1. The Bertz CT molecular complexity index is 1120. The van der Waals surface area contributed by atoms with E-state index < -0.39 is 11.4 Å². The van der Waals surface area contributed by atoms with Crippen molar-refractivity contribution in [3.05, 3.63) is 59.2 Å². The van der Waals surface area contributed by atoms with Crippen molar-refractivity contribution < 1.29 is 29.0 Å². The number of carboxylic acids is 1. The molecule has 0 radical (unpaired) electrons. The predicted octanol–water partition coefficient (Wildman–Crippen LogP) is 6.04. The van der Waals surface area contributed by atoms with Crippen LogP contribution in [0.25, 0.3) is 0 Å². The van der Waals surface area contributed by atoms with E-state index in [2.05, 4.69) is 17.4 Å². The van der Waals surface area contributed by atoms with E-state index in [-0.39, 0.29) is 23.9 Å². The van der Waals surface area contributed by atoms with E-state index in [1.54, 1.807) is 11.8 Å². The van der Waals surface area contributed by atoms with Gasteiger partial charge >= 0.3 is 12.0 Å². The Hall–Kier alpha value is -3.55. The molecule has 0 aromatic heterocycles. The third kappa shape index (κ3) is 7.52. The summed E-state index contributed by atoms with van der Waals surface area (Å²) in [6.07, 6.45) is 3.44. The number of urea groups is 1. The molecule has 0 aliphatic heterocycles. The zero-order valence-electron chi connectivity index (χ0n) is 23.8. The Balaban J connectivity index is 1.83. The van der Waals surface area contributed by atoms with Crippen molar-refractivity contribution in [2.75, 3.05) is 19.8 Å². The smallest absolute Gasteiger partial charge is 0.318 e. The lowest BCUT2D eigenvalue weighted by atomic mass is 9.67. The van der Waals surface area contributed by atoms with Crippen LogP contribution in [0.3, 0.4) is 0 Å².